The second kappa shape index (κ2) is 10.6. The van der Waals surface area contributed by atoms with Gasteiger partial charge in [0.05, 0.1) is 0 Å². The maximum absolute atomic E-state index is 12.5. The zero-order chi connectivity index (χ0) is 23.1. The number of aliphatic hydroxyl groups is 1. The number of ether oxygens (including phenoxy) is 1. The van der Waals surface area contributed by atoms with Crippen molar-refractivity contribution < 1.29 is 29.3 Å². The molecule has 2 atom stereocenters. The summed E-state index contributed by atoms with van der Waals surface area (Å²) in [5, 5.41) is 22.9. The van der Waals surface area contributed by atoms with E-state index < -0.39 is 36.7 Å². The summed E-state index contributed by atoms with van der Waals surface area (Å²) in [5.74, 6) is -2.09. The Balaban J connectivity index is 1.64. The van der Waals surface area contributed by atoms with Crippen LogP contribution in [0.4, 0.5) is 4.79 Å². The number of hydrogen-bond donors (Lipinski definition) is 4. The molecule has 1 aliphatic rings. The molecule has 2 aromatic rings. The predicted molar refractivity (Wildman–Crippen MR) is 118 cm³/mol. The Morgan fingerprint density at radius 3 is 2.12 bits per heavy atom. The van der Waals surface area contributed by atoms with E-state index in [-0.39, 0.29) is 25.4 Å². The second-order valence-corrected chi connectivity index (χ2v) is 7.46. The van der Waals surface area contributed by atoms with Gasteiger partial charge in [0.1, 0.15) is 18.7 Å². The first-order valence-corrected chi connectivity index (χ1v) is 10.3. The Morgan fingerprint density at radius 1 is 1.00 bits per heavy atom. The molecule has 0 aliphatic heterocycles. The maximum atomic E-state index is 12.5. The third-order valence-electron chi connectivity index (χ3n) is 5.39. The monoisotopic (exact) mass is 438 g/mol. The van der Waals surface area contributed by atoms with E-state index >= 15 is 0 Å². The highest BCUT2D eigenvalue weighted by molar-refractivity contribution is 5.89. The predicted octanol–water partition coefficient (Wildman–Crippen LogP) is 2.42. The Kier molecular flexibility index (Phi) is 7.62. The summed E-state index contributed by atoms with van der Waals surface area (Å²) in [6.45, 7) is 3.26. The topological polar surface area (TPSA) is 125 Å². The number of aliphatic carboxylic acids is 1. The van der Waals surface area contributed by atoms with Gasteiger partial charge in [-0.3, -0.25) is 4.79 Å². The van der Waals surface area contributed by atoms with Crippen LogP contribution in [0.1, 0.15) is 29.9 Å². The minimum absolute atomic E-state index is 0.0848. The third-order valence-corrected chi connectivity index (χ3v) is 5.39. The molecule has 0 fully saturated rings. The van der Waals surface area contributed by atoms with Gasteiger partial charge < -0.3 is 25.6 Å². The minimum Gasteiger partial charge on any atom is -0.480 e. The van der Waals surface area contributed by atoms with Crippen molar-refractivity contribution in [1.82, 2.24) is 10.6 Å². The van der Waals surface area contributed by atoms with E-state index in [1.54, 1.807) is 0 Å². The van der Waals surface area contributed by atoms with Crippen LogP contribution >= 0.6 is 0 Å². The number of rotatable bonds is 10. The van der Waals surface area contributed by atoms with E-state index in [0.717, 1.165) is 22.3 Å². The summed E-state index contributed by atoms with van der Waals surface area (Å²) in [7, 11) is 0. The van der Waals surface area contributed by atoms with Gasteiger partial charge in [-0.25, -0.2) is 9.59 Å². The lowest BCUT2D eigenvalue weighted by Crippen LogP contribution is -2.51. The van der Waals surface area contributed by atoms with Crippen LogP contribution in [-0.2, 0) is 14.3 Å². The molecule has 2 aromatic carbocycles. The van der Waals surface area contributed by atoms with Gasteiger partial charge in [-0.1, -0.05) is 54.6 Å². The zero-order valence-electron chi connectivity index (χ0n) is 17.5. The highest BCUT2D eigenvalue weighted by atomic mass is 16.5. The molecule has 4 N–H and O–H groups in total. The van der Waals surface area contributed by atoms with Gasteiger partial charge in [0.2, 0.25) is 5.91 Å². The highest BCUT2D eigenvalue weighted by Crippen LogP contribution is 2.44. The molecule has 8 nitrogen and oxygen atoms in total. The molecular formula is C24H26N2O6. The van der Waals surface area contributed by atoms with Gasteiger partial charge in [0.15, 0.2) is 0 Å². The van der Waals surface area contributed by atoms with Crippen molar-refractivity contribution in [3.8, 4) is 11.1 Å². The molecule has 0 radical (unpaired) electrons. The normalized spacial score (nSPS) is 13.9. The van der Waals surface area contributed by atoms with E-state index in [2.05, 4.69) is 17.2 Å². The van der Waals surface area contributed by atoms with Crippen molar-refractivity contribution >= 4 is 18.0 Å². The number of alkyl carbamates (subject to hydrolysis) is 1. The van der Waals surface area contributed by atoms with Crippen molar-refractivity contribution in [2.24, 2.45) is 0 Å². The Bertz CT molecular complexity index is 960. The van der Waals surface area contributed by atoms with E-state index in [1.807, 2.05) is 48.5 Å². The first-order chi connectivity index (χ1) is 15.5. The van der Waals surface area contributed by atoms with Crippen LogP contribution in [-0.4, -0.2) is 53.5 Å². The molecule has 0 heterocycles. The SMILES string of the molecule is C=CCC(NC(=O)OCC1c2ccccc2-c2ccccc21)C(=O)N[C@@H](CCO)C(=O)O. The smallest absolute Gasteiger partial charge is 0.407 e. The summed E-state index contributed by atoms with van der Waals surface area (Å²) in [5.41, 5.74) is 4.33. The van der Waals surface area contributed by atoms with Crippen LogP contribution < -0.4 is 10.6 Å². The molecule has 168 valence electrons. The van der Waals surface area contributed by atoms with E-state index in [1.165, 1.54) is 6.08 Å². The average molecular weight is 438 g/mol. The Hall–Kier alpha value is -3.65. The molecule has 3 rings (SSSR count). The Labute approximate surface area is 185 Å². The van der Waals surface area contributed by atoms with Gasteiger partial charge in [-0.05, 0) is 28.7 Å². The summed E-state index contributed by atoms with van der Waals surface area (Å²) >= 11 is 0. The van der Waals surface area contributed by atoms with E-state index in [9.17, 15) is 14.4 Å². The van der Waals surface area contributed by atoms with Crippen LogP contribution in [0.15, 0.2) is 61.2 Å². The number of fused-ring (bicyclic) bond motifs is 3. The number of aliphatic hydroxyl groups excluding tert-OH is 1. The van der Waals surface area contributed by atoms with Gasteiger partial charge in [0.25, 0.3) is 0 Å². The molecule has 0 bridgehead atoms. The number of nitrogens with one attached hydrogen (secondary N) is 2. The van der Waals surface area contributed by atoms with Gasteiger partial charge >= 0.3 is 12.1 Å². The number of hydrogen-bond acceptors (Lipinski definition) is 5. The fraction of sp³-hybridized carbons (Fsp3) is 0.292. The number of carbonyl (C=O) groups is 3. The largest absolute Gasteiger partial charge is 0.480 e. The molecule has 2 amide bonds. The van der Waals surface area contributed by atoms with Gasteiger partial charge in [-0.15, -0.1) is 6.58 Å². The minimum atomic E-state index is -1.27. The highest BCUT2D eigenvalue weighted by Gasteiger charge is 2.30. The molecule has 8 heteroatoms. The van der Waals surface area contributed by atoms with Crippen molar-refractivity contribution in [1.29, 1.82) is 0 Å². The van der Waals surface area contributed by atoms with Crippen molar-refractivity contribution in [2.75, 3.05) is 13.2 Å². The third kappa shape index (κ3) is 5.15. The number of carboxylic acid groups (broad SMARTS) is 1. The maximum Gasteiger partial charge on any atom is 0.407 e. The van der Waals surface area contributed by atoms with E-state index in [4.69, 9.17) is 14.9 Å². The summed E-state index contributed by atoms with van der Waals surface area (Å²) in [4.78, 5) is 36.1. The number of carbonyl (C=O) groups excluding carboxylic acids is 2. The lowest BCUT2D eigenvalue weighted by molar-refractivity contribution is -0.142. The van der Waals surface area contributed by atoms with Crippen LogP contribution in [0.3, 0.4) is 0 Å². The first kappa shape index (κ1) is 23.0. The first-order valence-electron chi connectivity index (χ1n) is 10.3. The summed E-state index contributed by atoms with van der Waals surface area (Å²) < 4.78 is 5.45. The number of amides is 2. The molecule has 1 aliphatic carbocycles. The average Bonchev–Trinajstić information content (AvgIpc) is 3.10. The van der Waals surface area contributed by atoms with Gasteiger partial charge in [-0.2, -0.15) is 0 Å². The fourth-order valence-electron chi connectivity index (χ4n) is 3.84. The van der Waals surface area contributed by atoms with E-state index in [0.29, 0.717) is 0 Å². The van der Waals surface area contributed by atoms with Crippen LogP contribution in [0.5, 0.6) is 0 Å². The Morgan fingerprint density at radius 2 is 1.59 bits per heavy atom. The lowest BCUT2D eigenvalue weighted by atomic mass is 9.98. The molecule has 0 saturated carbocycles. The van der Waals surface area contributed by atoms with Crippen LogP contribution in [0.25, 0.3) is 11.1 Å². The summed E-state index contributed by atoms with van der Waals surface area (Å²) in [6, 6.07) is 13.6. The van der Waals surface area contributed by atoms with Crippen molar-refractivity contribution in [2.45, 2.75) is 30.8 Å². The lowest BCUT2D eigenvalue weighted by Gasteiger charge is -2.21. The molecule has 0 spiro atoms. The molecule has 0 aromatic heterocycles. The van der Waals surface area contributed by atoms with Crippen molar-refractivity contribution in [3.05, 3.63) is 72.3 Å². The molecule has 0 saturated heterocycles. The number of benzene rings is 2. The number of carboxylic acids is 1. The van der Waals surface area contributed by atoms with Crippen LogP contribution in [0.2, 0.25) is 0 Å². The summed E-state index contributed by atoms with van der Waals surface area (Å²) in [6.07, 6.45) is 0.590. The second-order valence-electron chi connectivity index (χ2n) is 7.46. The molecular weight excluding hydrogens is 412 g/mol. The molecule has 32 heavy (non-hydrogen) atoms. The van der Waals surface area contributed by atoms with Gasteiger partial charge in [0, 0.05) is 18.9 Å². The van der Waals surface area contributed by atoms with Crippen molar-refractivity contribution in [3.63, 3.8) is 0 Å². The standard InChI is InChI=1S/C24H26N2O6/c1-2-7-20(22(28)25-21(12-13-27)23(29)30)26-24(31)32-14-19-17-10-5-3-8-15(17)16-9-4-6-11-18(16)19/h2-6,8-11,19-21,27H,1,7,12-14H2,(H,25,28)(H,26,31)(H,29,30)/t20?,21-/m0/s1. The fourth-order valence-corrected chi connectivity index (χ4v) is 3.84. The zero-order valence-corrected chi connectivity index (χ0v) is 17.5. The van der Waals surface area contributed by atoms with Crippen LogP contribution in [0, 0.1) is 0 Å². The quantitative estimate of drug-likeness (QED) is 0.422. The molecule has 1 unspecified atom stereocenters.